The van der Waals surface area contributed by atoms with Gasteiger partial charge in [0.05, 0.1) is 17.7 Å². The highest BCUT2D eigenvalue weighted by molar-refractivity contribution is 6.30. The van der Waals surface area contributed by atoms with E-state index < -0.39 is 0 Å². The minimum atomic E-state index is -0.265. The summed E-state index contributed by atoms with van der Waals surface area (Å²) in [5.74, 6) is 0.212. The van der Waals surface area contributed by atoms with E-state index >= 15 is 0 Å². The lowest BCUT2D eigenvalue weighted by Gasteiger charge is -2.16. The van der Waals surface area contributed by atoms with Crippen molar-refractivity contribution in [3.8, 4) is 5.75 Å². The van der Waals surface area contributed by atoms with Gasteiger partial charge in [0.15, 0.2) is 0 Å². The highest BCUT2D eigenvalue weighted by Gasteiger charge is 2.34. The molecule has 23 heavy (non-hydrogen) atoms. The number of aryl methyl sites for hydroxylation is 2. The monoisotopic (exact) mass is 329 g/mol. The number of carbonyl (C=O) groups is 2. The normalized spacial score (nSPS) is 13.4. The van der Waals surface area contributed by atoms with Crippen LogP contribution < -0.4 is 4.74 Å². The summed E-state index contributed by atoms with van der Waals surface area (Å²) in [6.45, 7) is 4.29. The summed E-state index contributed by atoms with van der Waals surface area (Å²) in [4.78, 5) is 25.7. The van der Waals surface area contributed by atoms with E-state index in [9.17, 15) is 9.59 Å². The fourth-order valence-corrected chi connectivity index (χ4v) is 3.13. The highest BCUT2D eigenvalue weighted by atomic mass is 35.5. The van der Waals surface area contributed by atoms with E-state index in [1.165, 1.54) is 4.90 Å². The Morgan fingerprint density at radius 3 is 2.04 bits per heavy atom. The standard InChI is InChI=1S/C18H16ClNO3/c1-11-9-13(19)10-12(2)16(11)23-8-7-20-17(21)14-5-3-4-6-15(14)18(20)22/h3-6,9-10H,7-8H2,1-2H3. The average Bonchev–Trinajstić information content (AvgIpc) is 2.75. The summed E-state index contributed by atoms with van der Waals surface area (Å²) in [5.41, 5.74) is 2.77. The molecule has 0 unspecified atom stereocenters. The molecule has 1 aliphatic rings. The van der Waals surface area contributed by atoms with E-state index in [-0.39, 0.29) is 25.0 Å². The Balaban J connectivity index is 1.69. The van der Waals surface area contributed by atoms with Crippen molar-refractivity contribution in [2.45, 2.75) is 13.8 Å². The Bertz CT molecular complexity index is 743. The van der Waals surface area contributed by atoms with Gasteiger partial charge in [-0.3, -0.25) is 14.5 Å². The lowest BCUT2D eigenvalue weighted by molar-refractivity contribution is 0.0631. The second-order valence-corrected chi connectivity index (χ2v) is 5.96. The molecule has 0 spiro atoms. The van der Waals surface area contributed by atoms with Gasteiger partial charge < -0.3 is 4.74 Å². The number of imide groups is 1. The molecular weight excluding hydrogens is 314 g/mol. The molecule has 0 saturated heterocycles. The summed E-state index contributed by atoms with van der Waals surface area (Å²) < 4.78 is 5.78. The zero-order valence-electron chi connectivity index (χ0n) is 12.9. The van der Waals surface area contributed by atoms with Crippen LogP contribution in [-0.2, 0) is 0 Å². The van der Waals surface area contributed by atoms with Gasteiger partial charge in [-0.05, 0) is 49.2 Å². The SMILES string of the molecule is Cc1cc(Cl)cc(C)c1OCCN1C(=O)c2ccccc2C1=O. The first-order valence-corrected chi connectivity index (χ1v) is 7.71. The molecule has 2 amide bonds. The number of ether oxygens (including phenoxy) is 1. The van der Waals surface area contributed by atoms with Gasteiger partial charge in [0.25, 0.3) is 11.8 Å². The predicted molar refractivity (Wildman–Crippen MR) is 88.2 cm³/mol. The second-order valence-electron chi connectivity index (χ2n) is 5.52. The maximum absolute atomic E-state index is 12.3. The summed E-state index contributed by atoms with van der Waals surface area (Å²) in [7, 11) is 0. The molecule has 2 aromatic rings. The number of hydrogen-bond donors (Lipinski definition) is 0. The van der Waals surface area contributed by atoms with Gasteiger partial charge in [0, 0.05) is 5.02 Å². The van der Waals surface area contributed by atoms with E-state index in [4.69, 9.17) is 16.3 Å². The summed E-state index contributed by atoms with van der Waals surface area (Å²) in [6, 6.07) is 10.5. The molecule has 0 aromatic heterocycles. The third-order valence-corrected chi connectivity index (χ3v) is 4.08. The number of hydrogen-bond acceptors (Lipinski definition) is 3. The van der Waals surface area contributed by atoms with Gasteiger partial charge in [0.1, 0.15) is 12.4 Å². The molecule has 0 bridgehead atoms. The fourth-order valence-electron chi connectivity index (χ4n) is 2.81. The molecule has 2 aromatic carbocycles. The van der Waals surface area contributed by atoms with Crippen molar-refractivity contribution in [2.75, 3.05) is 13.2 Å². The van der Waals surface area contributed by atoms with Crippen molar-refractivity contribution < 1.29 is 14.3 Å². The smallest absolute Gasteiger partial charge is 0.261 e. The Hall–Kier alpha value is -2.33. The maximum Gasteiger partial charge on any atom is 0.261 e. The summed E-state index contributed by atoms with van der Waals surface area (Å²) in [6.07, 6.45) is 0. The van der Waals surface area contributed by atoms with Gasteiger partial charge in [0.2, 0.25) is 0 Å². The Morgan fingerprint density at radius 2 is 1.52 bits per heavy atom. The number of carbonyl (C=O) groups excluding carboxylic acids is 2. The van der Waals surface area contributed by atoms with Crippen LogP contribution in [0.25, 0.3) is 0 Å². The zero-order valence-corrected chi connectivity index (χ0v) is 13.7. The molecule has 0 N–H and O–H groups in total. The van der Waals surface area contributed by atoms with Crippen LogP contribution in [-0.4, -0.2) is 29.9 Å². The molecular formula is C18H16ClNO3. The first kappa shape index (κ1) is 15.6. The van der Waals surface area contributed by atoms with E-state index in [0.29, 0.717) is 16.1 Å². The first-order valence-electron chi connectivity index (χ1n) is 7.34. The first-order chi connectivity index (χ1) is 11.0. The third kappa shape index (κ3) is 2.82. The van der Waals surface area contributed by atoms with Crippen molar-refractivity contribution >= 4 is 23.4 Å². The number of fused-ring (bicyclic) bond motifs is 1. The topological polar surface area (TPSA) is 46.6 Å². The van der Waals surface area contributed by atoms with Crippen LogP contribution in [0.2, 0.25) is 5.02 Å². The van der Waals surface area contributed by atoms with Crippen LogP contribution in [0, 0.1) is 13.8 Å². The Morgan fingerprint density at radius 1 is 1.00 bits per heavy atom. The Labute approximate surface area is 139 Å². The number of nitrogens with zero attached hydrogens (tertiary/aromatic N) is 1. The molecule has 5 heteroatoms. The molecule has 118 valence electrons. The quantitative estimate of drug-likeness (QED) is 0.805. The van der Waals surface area contributed by atoms with Crippen LogP contribution in [0.15, 0.2) is 36.4 Å². The lowest BCUT2D eigenvalue weighted by Crippen LogP contribution is -2.33. The summed E-state index contributed by atoms with van der Waals surface area (Å²) in [5, 5.41) is 0.660. The van der Waals surface area contributed by atoms with E-state index in [2.05, 4.69) is 0 Å². The number of benzene rings is 2. The minimum absolute atomic E-state index is 0.216. The maximum atomic E-state index is 12.3. The largest absolute Gasteiger partial charge is 0.491 e. The molecule has 4 nitrogen and oxygen atoms in total. The third-order valence-electron chi connectivity index (χ3n) is 3.86. The second kappa shape index (κ2) is 6.05. The molecule has 1 heterocycles. The van der Waals surface area contributed by atoms with Gasteiger partial charge >= 0.3 is 0 Å². The average molecular weight is 330 g/mol. The molecule has 0 atom stereocenters. The van der Waals surface area contributed by atoms with Gasteiger partial charge in [-0.1, -0.05) is 23.7 Å². The molecule has 0 radical (unpaired) electrons. The van der Waals surface area contributed by atoms with Crippen molar-refractivity contribution in [3.63, 3.8) is 0 Å². The van der Waals surface area contributed by atoms with Crippen LogP contribution in [0.1, 0.15) is 31.8 Å². The van der Waals surface area contributed by atoms with E-state index in [1.54, 1.807) is 24.3 Å². The van der Waals surface area contributed by atoms with Gasteiger partial charge in [-0.2, -0.15) is 0 Å². The zero-order chi connectivity index (χ0) is 16.6. The fraction of sp³-hybridized carbons (Fsp3) is 0.222. The minimum Gasteiger partial charge on any atom is -0.491 e. The van der Waals surface area contributed by atoms with Gasteiger partial charge in [-0.25, -0.2) is 0 Å². The lowest BCUT2D eigenvalue weighted by atomic mass is 10.1. The molecule has 0 aliphatic carbocycles. The molecule has 1 aliphatic heterocycles. The van der Waals surface area contributed by atoms with Crippen molar-refractivity contribution in [1.29, 1.82) is 0 Å². The van der Waals surface area contributed by atoms with Crippen LogP contribution in [0.4, 0.5) is 0 Å². The van der Waals surface area contributed by atoms with Crippen molar-refractivity contribution in [1.82, 2.24) is 4.90 Å². The Kier molecular flexibility index (Phi) is 4.09. The highest BCUT2D eigenvalue weighted by Crippen LogP contribution is 2.27. The molecule has 0 saturated carbocycles. The molecule has 0 fully saturated rings. The van der Waals surface area contributed by atoms with E-state index in [1.807, 2.05) is 26.0 Å². The number of amides is 2. The van der Waals surface area contributed by atoms with Crippen LogP contribution in [0.3, 0.4) is 0 Å². The van der Waals surface area contributed by atoms with Crippen LogP contribution in [0.5, 0.6) is 5.75 Å². The number of rotatable bonds is 4. The van der Waals surface area contributed by atoms with Crippen molar-refractivity contribution in [3.05, 3.63) is 63.7 Å². The molecule has 3 rings (SSSR count). The van der Waals surface area contributed by atoms with Gasteiger partial charge in [-0.15, -0.1) is 0 Å². The predicted octanol–water partition coefficient (Wildman–Crippen LogP) is 3.63. The number of halogens is 1. The van der Waals surface area contributed by atoms with Crippen LogP contribution >= 0.6 is 11.6 Å². The van der Waals surface area contributed by atoms with Crippen molar-refractivity contribution in [2.24, 2.45) is 0 Å². The van der Waals surface area contributed by atoms with E-state index in [0.717, 1.165) is 16.9 Å². The summed E-state index contributed by atoms with van der Waals surface area (Å²) >= 11 is 6.00.